The van der Waals surface area contributed by atoms with E-state index < -0.39 is 0 Å². The van der Waals surface area contributed by atoms with Crippen molar-refractivity contribution in [1.82, 2.24) is 15.1 Å². The van der Waals surface area contributed by atoms with Crippen molar-refractivity contribution < 1.29 is 4.39 Å². The molecule has 0 radical (unpaired) electrons. The Morgan fingerprint density at radius 2 is 2.35 bits per heavy atom. The van der Waals surface area contributed by atoms with Crippen LogP contribution in [-0.2, 0) is 13.5 Å². The largest absolute Gasteiger partial charge is 0.316 e. The zero-order chi connectivity index (χ0) is 13.9. The van der Waals surface area contributed by atoms with Gasteiger partial charge in [-0.15, -0.1) is 0 Å². The maximum Gasteiger partial charge on any atom is 0.123 e. The van der Waals surface area contributed by atoms with E-state index >= 15 is 0 Å². The van der Waals surface area contributed by atoms with Crippen molar-refractivity contribution in [2.45, 2.75) is 19.3 Å². The molecule has 20 heavy (non-hydrogen) atoms. The van der Waals surface area contributed by atoms with Crippen molar-refractivity contribution in [3.05, 3.63) is 42.0 Å². The first-order valence-electron chi connectivity index (χ1n) is 7.21. The molecule has 1 fully saturated rings. The highest BCUT2D eigenvalue weighted by Crippen LogP contribution is 2.27. The fourth-order valence-electron chi connectivity index (χ4n) is 2.97. The Balaban J connectivity index is 1.88. The second kappa shape index (κ2) is 5.75. The van der Waals surface area contributed by atoms with Crippen LogP contribution in [0.5, 0.6) is 0 Å². The van der Waals surface area contributed by atoms with E-state index in [2.05, 4.69) is 10.4 Å². The third-order valence-electron chi connectivity index (χ3n) is 4.08. The Labute approximate surface area is 118 Å². The molecule has 2 aromatic rings. The van der Waals surface area contributed by atoms with Crippen molar-refractivity contribution in [2.75, 3.05) is 13.1 Å². The lowest BCUT2D eigenvalue weighted by Crippen LogP contribution is -2.31. The Bertz CT molecular complexity index is 585. The number of aromatic nitrogens is 2. The third-order valence-corrected chi connectivity index (χ3v) is 4.08. The molecular formula is C16H20FN3. The first-order chi connectivity index (χ1) is 9.74. The molecule has 2 heterocycles. The van der Waals surface area contributed by atoms with Gasteiger partial charge in [-0.2, -0.15) is 5.10 Å². The predicted molar refractivity (Wildman–Crippen MR) is 77.9 cm³/mol. The van der Waals surface area contributed by atoms with E-state index in [-0.39, 0.29) is 5.82 Å². The summed E-state index contributed by atoms with van der Waals surface area (Å²) in [7, 11) is 1.97. The van der Waals surface area contributed by atoms with Gasteiger partial charge in [0.2, 0.25) is 0 Å². The van der Waals surface area contributed by atoms with E-state index in [1.54, 1.807) is 12.1 Å². The Morgan fingerprint density at radius 3 is 3.10 bits per heavy atom. The van der Waals surface area contributed by atoms with E-state index in [0.29, 0.717) is 5.92 Å². The van der Waals surface area contributed by atoms with Crippen molar-refractivity contribution in [3.63, 3.8) is 0 Å². The Morgan fingerprint density at radius 1 is 1.45 bits per heavy atom. The monoisotopic (exact) mass is 273 g/mol. The molecule has 1 aliphatic rings. The van der Waals surface area contributed by atoms with E-state index in [9.17, 15) is 4.39 Å². The van der Waals surface area contributed by atoms with Gasteiger partial charge in [0.15, 0.2) is 0 Å². The summed E-state index contributed by atoms with van der Waals surface area (Å²) in [6, 6.07) is 6.76. The minimum Gasteiger partial charge on any atom is -0.316 e. The lowest BCUT2D eigenvalue weighted by Gasteiger charge is -2.23. The van der Waals surface area contributed by atoms with Crippen molar-refractivity contribution >= 4 is 0 Å². The number of nitrogens with one attached hydrogen (secondary N) is 1. The lowest BCUT2D eigenvalue weighted by molar-refractivity contribution is 0.370. The molecule has 1 aromatic carbocycles. The van der Waals surface area contributed by atoms with Gasteiger partial charge in [0, 0.05) is 18.3 Å². The van der Waals surface area contributed by atoms with Gasteiger partial charge < -0.3 is 5.32 Å². The molecule has 1 aliphatic heterocycles. The van der Waals surface area contributed by atoms with Gasteiger partial charge in [0.1, 0.15) is 5.82 Å². The molecule has 1 saturated heterocycles. The van der Waals surface area contributed by atoms with Gasteiger partial charge in [0.05, 0.1) is 6.20 Å². The maximum absolute atomic E-state index is 13.4. The number of nitrogens with zero attached hydrogens (tertiary/aromatic N) is 2. The summed E-state index contributed by atoms with van der Waals surface area (Å²) >= 11 is 0. The molecule has 3 nitrogen and oxygen atoms in total. The summed E-state index contributed by atoms with van der Waals surface area (Å²) in [5, 5.41) is 7.81. The topological polar surface area (TPSA) is 29.9 Å². The SMILES string of the molecule is Cn1ncc(-c2cccc(F)c2)c1CC1CCCNC1. The van der Waals surface area contributed by atoms with Crippen LogP contribution in [0.1, 0.15) is 18.5 Å². The van der Waals surface area contributed by atoms with Crippen LogP contribution in [0.2, 0.25) is 0 Å². The number of piperidine rings is 1. The van der Waals surface area contributed by atoms with E-state index in [1.165, 1.54) is 24.6 Å². The smallest absolute Gasteiger partial charge is 0.123 e. The van der Waals surface area contributed by atoms with Crippen LogP contribution < -0.4 is 5.32 Å². The highest BCUT2D eigenvalue weighted by atomic mass is 19.1. The normalized spacial score (nSPS) is 19.2. The quantitative estimate of drug-likeness (QED) is 0.932. The Hall–Kier alpha value is -1.68. The van der Waals surface area contributed by atoms with Crippen LogP contribution in [0.15, 0.2) is 30.5 Å². The lowest BCUT2D eigenvalue weighted by atomic mass is 9.92. The fourth-order valence-corrected chi connectivity index (χ4v) is 2.97. The summed E-state index contributed by atoms with van der Waals surface area (Å²) < 4.78 is 15.3. The minimum absolute atomic E-state index is 0.198. The first kappa shape index (κ1) is 13.3. The summed E-state index contributed by atoms with van der Waals surface area (Å²) in [5.41, 5.74) is 3.17. The van der Waals surface area contributed by atoms with Gasteiger partial charge >= 0.3 is 0 Å². The van der Waals surface area contributed by atoms with E-state index in [1.807, 2.05) is 24.0 Å². The molecule has 0 bridgehead atoms. The van der Waals surface area contributed by atoms with Gasteiger partial charge in [-0.05, 0) is 56.0 Å². The second-order valence-corrected chi connectivity index (χ2v) is 5.56. The van der Waals surface area contributed by atoms with Crippen LogP contribution in [-0.4, -0.2) is 22.9 Å². The Kier molecular flexibility index (Phi) is 3.83. The second-order valence-electron chi connectivity index (χ2n) is 5.56. The summed E-state index contributed by atoms with van der Waals surface area (Å²) in [6.07, 6.45) is 5.33. The van der Waals surface area contributed by atoms with Crippen LogP contribution in [0, 0.1) is 11.7 Å². The number of halogens is 1. The van der Waals surface area contributed by atoms with Crippen LogP contribution >= 0.6 is 0 Å². The average Bonchev–Trinajstić information content (AvgIpc) is 2.82. The molecule has 0 amide bonds. The molecular weight excluding hydrogens is 253 g/mol. The molecule has 1 aromatic heterocycles. The molecule has 106 valence electrons. The van der Waals surface area contributed by atoms with Crippen LogP contribution in [0.4, 0.5) is 4.39 Å². The van der Waals surface area contributed by atoms with Gasteiger partial charge in [-0.3, -0.25) is 4.68 Å². The number of aryl methyl sites for hydroxylation is 1. The minimum atomic E-state index is -0.198. The number of rotatable bonds is 3. The molecule has 1 atom stereocenters. The van der Waals surface area contributed by atoms with Gasteiger partial charge in [-0.1, -0.05) is 12.1 Å². The number of hydrogen-bond acceptors (Lipinski definition) is 2. The molecule has 1 unspecified atom stereocenters. The van der Waals surface area contributed by atoms with Crippen molar-refractivity contribution in [3.8, 4) is 11.1 Å². The molecule has 0 saturated carbocycles. The van der Waals surface area contributed by atoms with Crippen LogP contribution in [0.25, 0.3) is 11.1 Å². The number of hydrogen-bond donors (Lipinski definition) is 1. The molecule has 4 heteroatoms. The standard InChI is InChI=1S/C16H20FN3/c1-20-16(8-12-4-3-7-18-10-12)15(11-19-20)13-5-2-6-14(17)9-13/h2,5-6,9,11-12,18H,3-4,7-8,10H2,1H3. The highest BCUT2D eigenvalue weighted by molar-refractivity contribution is 5.65. The van der Waals surface area contributed by atoms with E-state index in [4.69, 9.17) is 0 Å². The average molecular weight is 273 g/mol. The molecule has 0 aliphatic carbocycles. The number of benzene rings is 1. The van der Waals surface area contributed by atoms with Crippen molar-refractivity contribution in [2.24, 2.45) is 13.0 Å². The summed E-state index contributed by atoms with van der Waals surface area (Å²) in [5.74, 6) is 0.447. The predicted octanol–water partition coefficient (Wildman–Crippen LogP) is 2.77. The summed E-state index contributed by atoms with van der Waals surface area (Å²) in [4.78, 5) is 0. The molecule has 3 rings (SSSR count). The van der Waals surface area contributed by atoms with Gasteiger partial charge in [0.25, 0.3) is 0 Å². The highest BCUT2D eigenvalue weighted by Gasteiger charge is 2.18. The van der Waals surface area contributed by atoms with Gasteiger partial charge in [-0.25, -0.2) is 4.39 Å². The van der Waals surface area contributed by atoms with Crippen molar-refractivity contribution in [1.29, 1.82) is 0 Å². The first-order valence-corrected chi connectivity index (χ1v) is 7.21. The molecule has 0 spiro atoms. The summed E-state index contributed by atoms with van der Waals surface area (Å²) in [6.45, 7) is 2.19. The third kappa shape index (κ3) is 2.75. The van der Waals surface area contributed by atoms with E-state index in [0.717, 1.165) is 30.6 Å². The zero-order valence-corrected chi connectivity index (χ0v) is 11.8. The zero-order valence-electron chi connectivity index (χ0n) is 11.8. The van der Waals surface area contributed by atoms with Crippen LogP contribution in [0.3, 0.4) is 0 Å². The fraction of sp³-hybridized carbons (Fsp3) is 0.438. The maximum atomic E-state index is 13.4. The molecule has 1 N–H and O–H groups in total.